The summed E-state index contributed by atoms with van der Waals surface area (Å²) in [5.41, 5.74) is 4.43. The first-order valence-electron chi connectivity index (χ1n) is 28.0. The molecule has 19 heteroatoms. The van der Waals surface area contributed by atoms with E-state index in [-0.39, 0.29) is 60.9 Å². The van der Waals surface area contributed by atoms with E-state index < -0.39 is 17.3 Å². The molecule has 79 heavy (non-hydrogen) atoms. The molecule has 5 aromatic rings. The molecule has 3 unspecified atom stereocenters. The van der Waals surface area contributed by atoms with Crippen LogP contribution in [-0.2, 0) is 40.9 Å². The summed E-state index contributed by atoms with van der Waals surface area (Å²) in [7, 11) is 0. The van der Waals surface area contributed by atoms with Crippen molar-refractivity contribution in [3.63, 3.8) is 0 Å². The van der Waals surface area contributed by atoms with Crippen LogP contribution in [-0.4, -0.2) is 110 Å². The maximum absolute atomic E-state index is 12.9. The minimum Gasteiger partial charge on any atom is -0.491 e. The van der Waals surface area contributed by atoms with E-state index in [1.807, 2.05) is 65.0 Å². The van der Waals surface area contributed by atoms with Gasteiger partial charge in [0.05, 0.1) is 41.3 Å². The molecule has 3 aliphatic heterocycles. The van der Waals surface area contributed by atoms with Crippen LogP contribution in [0.25, 0.3) is 5.69 Å². The van der Waals surface area contributed by atoms with Crippen LogP contribution in [0.4, 0.5) is 11.4 Å². The average Bonchev–Trinajstić information content (AvgIpc) is 4.33. The first-order chi connectivity index (χ1) is 37.9. The Hall–Kier alpha value is -5.98. The summed E-state index contributed by atoms with van der Waals surface area (Å²) in [6, 6.07) is 21.6. The molecule has 1 N–H and O–H groups in total. The molecular weight excluding hydrogens is 1050 g/mol. The van der Waals surface area contributed by atoms with Gasteiger partial charge in [-0.15, -0.1) is 0 Å². The number of esters is 2. The molecule has 0 bridgehead atoms. The maximum Gasteiger partial charge on any atom is 0.350 e. The number of carbonyl (C=O) groups excluding carboxylic acids is 2. The van der Waals surface area contributed by atoms with Gasteiger partial charge < -0.3 is 38.6 Å². The molecular formula is C60H76Cl2N8O9. The number of allylic oxidation sites excluding steroid dienone is 3. The van der Waals surface area contributed by atoms with Crippen LogP contribution in [0.3, 0.4) is 0 Å². The van der Waals surface area contributed by atoms with E-state index in [1.54, 1.807) is 34.0 Å². The second kappa shape index (κ2) is 25.2. The molecule has 10 atom stereocenters. The minimum absolute atomic E-state index is 0.0645. The van der Waals surface area contributed by atoms with Gasteiger partial charge >= 0.3 is 17.6 Å². The van der Waals surface area contributed by atoms with E-state index in [4.69, 9.17) is 46.9 Å². The number of carbonyl (C=O) groups is 2. The Morgan fingerprint density at radius 2 is 1.59 bits per heavy atom. The van der Waals surface area contributed by atoms with Gasteiger partial charge in [-0.05, 0) is 137 Å². The maximum atomic E-state index is 12.9. The fourth-order valence-electron chi connectivity index (χ4n) is 11.3. The van der Waals surface area contributed by atoms with Crippen LogP contribution in [0, 0.1) is 29.1 Å². The standard InChI is InChI=1S/C35H38Cl2N8O4.C25H38O5/c1-3-25(2)45-34(46)44(24-40-45)29-7-5-27(6-8-29)41-14-16-42(17-15-41)28-9-11-30(12-10-28)47-19-31-20-48-35(49-31,21-43-23-38-22-39-43)32-13-4-26(36)18-33(32)37;1-6-25(4,5)24(28)30-21-12-15(2)11-17-8-7-16(3)20(23(17)21)10-9-19-13-18(26)14-22(27)29-19/h4-13,18,22-25,31H,3,14-17,19-21H2,1-2H3;7-8,11,15-16,18-21,23,26H,6,9-10,12-14H2,1-5H3/t;15-,16-,18+,19+,20-,21-,23-/m.0/s1. The summed E-state index contributed by atoms with van der Waals surface area (Å²) >= 11 is 12.7. The van der Waals surface area contributed by atoms with Gasteiger partial charge in [-0.3, -0.25) is 9.59 Å². The molecule has 0 saturated carbocycles. The third-order valence-corrected chi connectivity index (χ3v) is 17.0. The number of aromatic nitrogens is 6. The lowest BCUT2D eigenvalue weighted by Gasteiger charge is -2.44. The highest BCUT2D eigenvalue weighted by Crippen LogP contribution is 2.46. The first-order valence-corrected chi connectivity index (χ1v) is 28.8. The van der Waals surface area contributed by atoms with Crippen molar-refractivity contribution in [2.24, 2.45) is 29.1 Å². The zero-order valence-corrected chi connectivity index (χ0v) is 48.0. The molecule has 3 fully saturated rings. The second-order valence-electron chi connectivity index (χ2n) is 22.6. The van der Waals surface area contributed by atoms with Crippen molar-refractivity contribution in [3.8, 4) is 11.4 Å². The van der Waals surface area contributed by atoms with Gasteiger partial charge in [0, 0.05) is 60.5 Å². The van der Waals surface area contributed by atoms with E-state index in [0.717, 1.165) is 81.1 Å². The molecule has 2 aromatic heterocycles. The summed E-state index contributed by atoms with van der Waals surface area (Å²) in [6.07, 6.45) is 14.8. The highest BCUT2D eigenvalue weighted by atomic mass is 35.5. The lowest BCUT2D eigenvalue weighted by Crippen LogP contribution is -2.46. The van der Waals surface area contributed by atoms with Gasteiger partial charge in [0.15, 0.2) is 0 Å². The van der Waals surface area contributed by atoms with E-state index in [0.29, 0.717) is 53.0 Å². The normalized spacial score (nSPS) is 26.4. The van der Waals surface area contributed by atoms with Gasteiger partial charge in [0.25, 0.3) is 0 Å². The third-order valence-electron chi connectivity index (χ3n) is 16.5. The molecule has 17 nitrogen and oxygen atoms in total. The summed E-state index contributed by atoms with van der Waals surface area (Å²) < 4.78 is 35.3. The average molecular weight is 1120 g/mol. The number of fused-ring (bicyclic) bond motifs is 1. The number of hydrogen-bond acceptors (Lipinski definition) is 14. The molecule has 0 amide bonds. The largest absolute Gasteiger partial charge is 0.491 e. The molecule has 2 aliphatic carbocycles. The number of benzene rings is 3. The SMILES string of the molecule is CCC(C)(C)C(=O)O[C@H]1C[C@@H](C)C=C2C=C[C@H](C)[C@H](CC[C@@H]3C[C@@H](O)CC(=O)O3)[C@H]21.CCC(C)n1ncn(-c2ccc(N3CCN(c4ccc(OCC5COC(Cn6cncn6)(c6ccc(Cl)cc6Cl)O5)cc4)CC3)cc2)c1=O. The number of ether oxygens (including phenoxy) is 5. The van der Waals surface area contributed by atoms with Crippen LogP contribution in [0.15, 0.2) is 114 Å². The first kappa shape index (κ1) is 57.7. The van der Waals surface area contributed by atoms with Gasteiger partial charge in [-0.2, -0.15) is 10.2 Å². The summed E-state index contributed by atoms with van der Waals surface area (Å²) in [6.45, 7) is 18.8. The van der Waals surface area contributed by atoms with Crippen molar-refractivity contribution < 1.29 is 38.4 Å². The number of aliphatic hydroxyl groups is 1. The highest BCUT2D eigenvalue weighted by molar-refractivity contribution is 6.35. The van der Waals surface area contributed by atoms with Gasteiger partial charge in [-0.1, -0.05) is 75.2 Å². The van der Waals surface area contributed by atoms with Crippen molar-refractivity contribution in [2.75, 3.05) is 49.2 Å². The Balaban J connectivity index is 0.000000216. The van der Waals surface area contributed by atoms with Crippen molar-refractivity contribution >= 4 is 46.5 Å². The van der Waals surface area contributed by atoms with Crippen molar-refractivity contribution in [1.29, 1.82) is 0 Å². The predicted octanol–water partition coefficient (Wildman–Crippen LogP) is 10.2. The number of hydrogen-bond donors (Lipinski definition) is 1. The van der Waals surface area contributed by atoms with E-state index >= 15 is 0 Å². The minimum atomic E-state index is -1.16. The lowest BCUT2D eigenvalue weighted by molar-refractivity contribution is -0.190. The number of cyclic esters (lactones) is 1. The van der Waals surface area contributed by atoms with Crippen molar-refractivity contribution in [3.05, 3.63) is 136 Å². The van der Waals surface area contributed by atoms with Gasteiger partial charge in [0.2, 0.25) is 5.79 Å². The van der Waals surface area contributed by atoms with Crippen LogP contribution in [0.2, 0.25) is 10.0 Å². The Morgan fingerprint density at radius 3 is 2.24 bits per heavy atom. The zero-order valence-electron chi connectivity index (χ0n) is 46.5. The molecule has 5 heterocycles. The quantitative estimate of drug-likeness (QED) is 0.0870. The highest BCUT2D eigenvalue weighted by Gasteiger charge is 2.46. The second-order valence-corrected chi connectivity index (χ2v) is 23.4. The molecule has 5 aliphatic rings. The lowest BCUT2D eigenvalue weighted by atomic mass is 9.65. The fraction of sp³-hybridized carbons (Fsp3) is 0.533. The van der Waals surface area contributed by atoms with Crippen LogP contribution < -0.4 is 20.2 Å². The molecule has 0 radical (unpaired) electrons. The molecule has 10 rings (SSSR count). The summed E-state index contributed by atoms with van der Waals surface area (Å²) in [5, 5.41) is 19.4. The molecule has 424 valence electrons. The number of aliphatic hydroxyl groups excluding tert-OH is 1. The predicted molar refractivity (Wildman–Crippen MR) is 304 cm³/mol. The molecule has 0 spiro atoms. The summed E-state index contributed by atoms with van der Waals surface area (Å²) in [4.78, 5) is 46.2. The number of halogens is 2. The van der Waals surface area contributed by atoms with Crippen LogP contribution >= 0.6 is 23.2 Å². The van der Waals surface area contributed by atoms with Crippen molar-refractivity contribution in [2.45, 2.75) is 136 Å². The number of anilines is 2. The number of nitrogens with zero attached hydrogens (tertiary/aromatic N) is 8. The summed E-state index contributed by atoms with van der Waals surface area (Å²) in [5.74, 6) is 0.366. The van der Waals surface area contributed by atoms with E-state index in [1.165, 1.54) is 16.6 Å². The van der Waals surface area contributed by atoms with Gasteiger partial charge in [0.1, 0.15) is 56.2 Å². The number of rotatable bonds is 17. The van der Waals surface area contributed by atoms with Crippen LogP contribution in [0.5, 0.6) is 5.75 Å². The molecule has 3 saturated heterocycles. The Bertz CT molecular complexity index is 2970. The topological polar surface area (TPSA) is 178 Å². The number of piperazine rings is 1. The van der Waals surface area contributed by atoms with Crippen LogP contribution in [0.1, 0.15) is 105 Å². The Kier molecular flexibility index (Phi) is 18.4. The Morgan fingerprint density at radius 1 is 0.899 bits per heavy atom. The van der Waals surface area contributed by atoms with Crippen molar-refractivity contribution in [1.82, 2.24) is 29.1 Å². The third kappa shape index (κ3) is 13.6. The fourth-order valence-corrected chi connectivity index (χ4v) is 11.9. The molecule has 3 aromatic carbocycles. The van der Waals surface area contributed by atoms with E-state index in [2.05, 4.69) is 81.3 Å². The Labute approximate surface area is 473 Å². The monoisotopic (exact) mass is 1120 g/mol. The zero-order chi connectivity index (χ0) is 56.0. The van der Waals surface area contributed by atoms with E-state index in [9.17, 15) is 19.5 Å². The smallest absolute Gasteiger partial charge is 0.350 e. The van der Waals surface area contributed by atoms with Gasteiger partial charge in [-0.25, -0.2) is 23.7 Å².